The highest BCUT2D eigenvalue weighted by atomic mass is 19.4. The van der Waals surface area contributed by atoms with Gasteiger partial charge < -0.3 is 10.6 Å². The van der Waals surface area contributed by atoms with Crippen molar-refractivity contribution in [2.24, 2.45) is 0 Å². The molecule has 0 aliphatic rings. The van der Waals surface area contributed by atoms with Gasteiger partial charge >= 0.3 is 6.18 Å². The standard InChI is InChI=1S/C12H19F3N4/c1-4-5-16-10-6-11(19-9(3)18-10)17-8(2)7-12(13,14)15/h6,8H,4-5,7H2,1-3H3,(H2,16,17,18,19). The van der Waals surface area contributed by atoms with Crippen LogP contribution in [0.3, 0.4) is 0 Å². The first-order valence-corrected chi connectivity index (χ1v) is 6.23. The largest absolute Gasteiger partial charge is 0.391 e. The number of rotatable bonds is 6. The Balaban J connectivity index is 2.69. The van der Waals surface area contributed by atoms with Gasteiger partial charge in [0.25, 0.3) is 0 Å². The van der Waals surface area contributed by atoms with Crippen LogP contribution in [-0.4, -0.2) is 28.7 Å². The van der Waals surface area contributed by atoms with Crippen LogP contribution in [0.15, 0.2) is 6.07 Å². The van der Waals surface area contributed by atoms with Crippen LogP contribution < -0.4 is 10.6 Å². The van der Waals surface area contributed by atoms with Gasteiger partial charge in [0, 0.05) is 18.7 Å². The quantitative estimate of drug-likeness (QED) is 0.836. The number of halogens is 3. The highest BCUT2D eigenvalue weighted by Gasteiger charge is 2.30. The van der Waals surface area contributed by atoms with Crippen molar-refractivity contribution in [2.45, 2.75) is 45.8 Å². The summed E-state index contributed by atoms with van der Waals surface area (Å²) in [6, 6.07) is 0.892. The lowest BCUT2D eigenvalue weighted by Crippen LogP contribution is -2.24. The lowest BCUT2D eigenvalue weighted by atomic mass is 10.2. The average molecular weight is 276 g/mol. The summed E-state index contributed by atoms with van der Waals surface area (Å²) < 4.78 is 36.7. The number of aromatic nitrogens is 2. The Morgan fingerprint density at radius 3 is 2.47 bits per heavy atom. The molecule has 4 nitrogen and oxygen atoms in total. The Labute approximate surface area is 110 Å². The number of hydrogen-bond donors (Lipinski definition) is 2. The summed E-state index contributed by atoms with van der Waals surface area (Å²) in [5.74, 6) is 1.54. The number of hydrogen-bond acceptors (Lipinski definition) is 4. The second kappa shape index (κ2) is 6.58. The first-order valence-electron chi connectivity index (χ1n) is 6.23. The monoisotopic (exact) mass is 276 g/mol. The fraction of sp³-hybridized carbons (Fsp3) is 0.667. The minimum atomic E-state index is -4.18. The van der Waals surface area contributed by atoms with Crippen molar-refractivity contribution in [3.63, 3.8) is 0 Å². The van der Waals surface area contributed by atoms with Crippen LogP contribution >= 0.6 is 0 Å². The summed E-state index contributed by atoms with van der Waals surface area (Å²) in [6.07, 6.45) is -4.14. The molecule has 0 fully saturated rings. The van der Waals surface area contributed by atoms with E-state index in [1.54, 1.807) is 13.0 Å². The maximum atomic E-state index is 12.2. The number of aryl methyl sites for hydroxylation is 1. The van der Waals surface area contributed by atoms with E-state index in [-0.39, 0.29) is 0 Å². The minimum Gasteiger partial charge on any atom is -0.370 e. The molecule has 1 aromatic rings. The van der Waals surface area contributed by atoms with Gasteiger partial charge in [-0.3, -0.25) is 0 Å². The van der Waals surface area contributed by atoms with Crippen molar-refractivity contribution >= 4 is 11.6 Å². The zero-order valence-electron chi connectivity index (χ0n) is 11.3. The minimum absolute atomic E-state index is 0.405. The van der Waals surface area contributed by atoms with Crippen LogP contribution in [0.25, 0.3) is 0 Å². The zero-order chi connectivity index (χ0) is 14.5. The fourth-order valence-electron chi connectivity index (χ4n) is 1.64. The lowest BCUT2D eigenvalue weighted by molar-refractivity contribution is -0.136. The second-order valence-electron chi connectivity index (χ2n) is 4.48. The number of nitrogens with zero attached hydrogens (tertiary/aromatic N) is 2. The molecule has 19 heavy (non-hydrogen) atoms. The molecule has 0 saturated heterocycles. The van der Waals surface area contributed by atoms with Gasteiger partial charge in [0.1, 0.15) is 17.5 Å². The van der Waals surface area contributed by atoms with E-state index in [1.807, 2.05) is 6.92 Å². The third-order valence-electron chi connectivity index (χ3n) is 2.33. The van der Waals surface area contributed by atoms with Gasteiger partial charge in [-0.1, -0.05) is 6.92 Å². The molecule has 2 N–H and O–H groups in total. The molecule has 1 unspecified atom stereocenters. The summed E-state index contributed by atoms with van der Waals surface area (Å²) in [4.78, 5) is 8.25. The highest BCUT2D eigenvalue weighted by Crippen LogP contribution is 2.23. The second-order valence-corrected chi connectivity index (χ2v) is 4.48. The third kappa shape index (κ3) is 6.26. The van der Waals surface area contributed by atoms with E-state index in [0.717, 1.165) is 13.0 Å². The molecule has 0 spiro atoms. The summed E-state index contributed by atoms with van der Waals surface area (Å²) >= 11 is 0. The Morgan fingerprint density at radius 1 is 1.26 bits per heavy atom. The molecule has 0 saturated carbocycles. The summed E-state index contributed by atoms with van der Waals surface area (Å²) in [5, 5.41) is 5.83. The van der Waals surface area contributed by atoms with Gasteiger partial charge in [0.2, 0.25) is 0 Å². The molecule has 1 atom stereocenters. The van der Waals surface area contributed by atoms with Gasteiger partial charge in [0.15, 0.2) is 0 Å². The van der Waals surface area contributed by atoms with Crippen molar-refractivity contribution in [2.75, 3.05) is 17.2 Å². The first kappa shape index (κ1) is 15.5. The van der Waals surface area contributed by atoms with E-state index in [2.05, 4.69) is 20.6 Å². The summed E-state index contributed by atoms with van der Waals surface area (Å²) in [6.45, 7) is 5.96. The number of anilines is 2. The third-order valence-corrected chi connectivity index (χ3v) is 2.33. The van der Waals surface area contributed by atoms with E-state index < -0.39 is 18.6 Å². The fourth-order valence-corrected chi connectivity index (χ4v) is 1.64. The Bertz CT molecular complexity index is 406. The smallest absolute Gasteiger partial charge is 0.370 e. The van der Waals surface area contributed by atoms with Crippen LogP contribution in [0.4, 0.5) is 24.8 Å². The molecule has 108 valence electrons. The molecular weight excluding hydrogens is 257 g/mol. The zero-order valence-corrected chi connectivity index (χ0v) is 11.3. The van der Waals surface area contributed by atoms with Gasteiger partial charge in [-0.15, -0.1) is 0 Å². The molecule has 0 amide bonds. The molecule has 0 bridgehead atoms. The van der Waals surface area contributed by atoms with Crippen LogP contribution in [0.5, 0.6) is 0 Å². The number of alkyl halides is 3. The maximum absolute atomic E-state index is 12.2. The summed E-state index contributed by atoms with van der Waals surface area (Å²) in [5.41, 5.74) is 0. The molecule has 1 aromatic heterocycles. The molecule has 7 heteroatoms. The average Bonchev–Trinajstić information content (AvgIpc) is 2.22. The molecule has 0 radical (unpaired) electrons. The SMILES string of the molecule is CCCNc1cc(NC(C)CC(F)(F)F)nc(C)n1. The van der Waals surface area contributed by atoms with Crippen LogP contribution in [0.1, 0.15) is 32.5 Å². The molecular formula is C12H19F3N4. The molecule has 1 rings (SSSR count). The van der Waals surface area contributed by atoms with Crippen molar-refractivity contribution in [1.29, 1.82) is 0 Å². The molecule has 0 aliphatic carbocycles. The normalized spacial score (nSPS) is 13.2. The highest BCUT2D eigenvalue weighted by molar-refractivity contribution is 5.47. The first-order chi connectivity index (χ1) is 8.80. The van der Waals surface area contributed by atoms with E-state index in [9.17, 15) is 13.2 Å². The van der Waals surface area contributed by atoms with Crippen LogP contribution in [-0.2, 0) is 0 Å². The van der Waals surface area contributed by atoms with Crippen LogP contribution in [0.2, 0.25) is 0 Å². The van der Waals surface area contributed by atoms with Gasteiger partial charge in [-0.2, -0.15) is 13.2 Å². The van der Waals surface area contributed by atoms with Crippen molar-refractivity contribution in [3.8, 4) is 0 Å². The van der Waals surface area contributed by atoms with Gasteiger partial charge in [0.05, 0.1) is 6.42 Å². The van der Waals surface area contributed by atoms with E-state index >= 15 is 0 Å². The number of nitrogens with one attached hydrogen (secondary N) is 2. The van der Waals surface area contributed by atoms with Gasteiger partial charge in [-0.05, 0) is 20.3 Å². The predicted molar refractivity (Wildman–Crippen MR) is 69.3 cm³/mol. The van der Waals surface area contributed by atoms with E-state index in [4.69, 9.17) is 0 Å². The maximum Gasteiger partial charge on any atom is 0.391 e. The summed E-state index contributed by atoms with van der Waals surface area (Å²) in [7, 11) is 0. The predicted octanol–water partition coefficient (Wildman–Crippen LogP) is 3.36. The Kier molecular flexibility index (Phi) is 5.38. The van der Waals surface area contributed by atoms with Crippen molar-refractivity contribution in [3.05, 3.63) is 11.9 Å². The molecule has 0 aromatic carbocycles. The van der Waals surface area contributed by atoms with Crippen molar-refractivity contribution in [1.82, 2.24) is 9.97 Å². The van der Waals surface area contributed by atoms with E-state index in [1.165, 1.54) is 6.92 Å². The Morgan fingerprint density at radius 2 is 1.89 bits per heavy atom. The topological polar surface area (TPSA) is 49.8 Å². The molecule has 0 aliphatic heterocycles. The molecule has 1 heterocycles. The lowest BCUT2D eigenvalue weighted by Gasteiger charge is -2.17. The Hall–Kier alpha value is -1.53. The van der Waals surface area contributed by atoms with E-state index in [0.29, 0.717) is 17.5 Å². The van der Waals surface area contributed by atoms with Crippen LogP contribution in [0, 0.1) is 6.92 Å². The van der Waals surface area contributed by atoms with Gasteiger partial charge in [-0.25, -0.2) is 9.97 Å². The van der Waals surface area contributed by atoms with Crippen molar-refractivity contribution < 1.29 is 13.2 Å².